The monoisotopic (exact) mass is 693 g/mol. The van der Waals surface area contributed by atoms with Crippen LogP contribution in [0.1, 0.15) is 55.5 Å². The fraction of sp³-hybridized carbons (Fsp3) is 0.263. The first-order valence-electron chi connectivity index (χ1n) is 16.3. The van der Waals surface area contributed by atoms with Crippen LogP contribution in [-0.4, -0.2) is 46.3 Å². The van der Waals surface area contributed by atoms with E-state index in [1.54, 1.807) is 30.3 Å². The maximum atomic E-state index is 13.9. The van der Waals surface area contributed by atoms with Crippen molar-refractivity contribution in [2.45, 2.75) is 55.9 Å². The third-order valence-corrected chi connectivity index (χ3v) is 10.6. The topological polar surface area (TPSA) is 111 Å². The Morgan fingerprint density at radius 2 is 1.84 bits per heavy atom. The molecule has 3 heterocycles. The largest absolute Gasteiger partial charge is 0.507 e. The summed E-state index contributed by atoms with van der Waals surface area (Å²) in [6, 6.07) is 24.1. The van der Waals surface area contributed by atoms with E-state index in [-0.39, 0.29) is 22.6 Å². The summed E-state index contributed by atoms with van der Waals surface area (Å²) in [5.74, 6) is 0.551. The number of rotatable bonds is 11. The lowest BCUT2D eigenvalue weighted by Crippen LogP contribution is -2.29. The number of nitrogens with zero attached hydrogens (tertiary/aromatic N) is 3. The number of Topliss-reactive ketones (excluding diaryl/α,β-unsaturated/α-hetero) is 1. The molecule has 0 aliphatic carbocycles. The predicted octanol–water partition coefficient (Wildman–Crippen LogP) is 8.12. The molecule has 2 aliphatic heterocycles. The average Bonchev–Trinajstić information content (AvgIpc) is 3.81. The summed E-state index contributed by atoms with van der Waals surface area (Å²) in [7, 11) is 0. The molecule has 11 heteroatoms. The van der Waals surface area contributed by atoms with E-state index < -0.39 is 17.7 Å². The number of anilines is 1. The molecule has 2 aliphatic rings. The van der Waals surface area contributed by atoms with Crippen LogP contribution in [0.15, 0.2) is 88.8 Å². The second kappa shape index (κ2) is 13.9. The molecule has 7 rings (SSSR count). The van der Waals surface area contributed by atoms with Crippen LogP contribution >= 0.6 is 23.1 Å². The maximum Gasteiger partial charge on any atom is 0.301 e. The highest BCUT2D eigenvalue weighted by molar-refractivity contribution is 8.00. The molecule has 0 saturated carbocycles. The number of benzene rings is 4. The van der Waals surface area contributed by atoms with E-state index in [0.29, 0.717) is 52.4 Å². The molecule has 5 aromatic rings. The molecule has 0 unspecified atom stereocenters. The van der Waals surface area contributed by atoms with Gasteiger partial charge >= 0.3 is 5.91 Å². The van der Waals surface area contributed by atoms with Crippen LogP contribution < -0.4 is 19.1 Å². The van der Waals surface area contributed by atoms with Gasteiger partial charge in [-0.05, 0) is 78.1 Å². The number of hydrogen-bond acceptors (Lipinski definition) is 10. The Bertz CT molecular complexity index is 2090. The highest BCUT2D eigenvalue weighted by atomic mass is 32.2. The SMILES string of the molecule is CCCOc1ccc([C@@H]2C(=C(O)c3ccc4c(c3)C[C@H](C)O4)C(=O)C(=O)N2c2nnc(SCc3cccc4ccccc34)s2)cc1OCC. The lowest BCUT2D eigenvalue weighted by Gasteiger charge is -2.23. The van der Waals surface area contributed by atoms with Crippen LogP contribution in [0, 0.1) is 0 Å². The zero-order chi connectivity index (χ0) is 34.1. The van der Waals surface area contributed by atoms with Gasteiger partial charge in [-0.15, -0.1) is 10.2 Å². The van der Waals surface area contributed by atoms with Crippen LogP contribution in [0.5, 0.6) is 17.2 Å². The molecular weight excluding hydrogens is 659 g/mol. The fourth-order valence-corrected chi connectivity index (χ4v) is 8.15. The number of carbonyl (C=O) groups is 2. The Labute approximate surface area is 292 Å². The number of amides is 1. The molecular formula is C38H35N3O6S2. The first kappa shape index (κ1) is 32.7. The minimum atomic E-state index is -0.994. The zero-order valence-corrected chi connectivity index (χ0v) is 29.0. The molecule has 250 valence electrons. The van der Waals surface area contributed by atoms with Gasteiger partial charge < -0.3 is 19.3 Å². The summed E-state index contributed by atoms with van der Waals surface area (Å²) in [5, 5.41) is 23.2. The first-order chi connectivity index (χ1) is 23.9. The Morgan fingerprint density at radius 1 is 1.00 bits per heavy atom. The Morgan fingerprint density at radius 3 is 2.67 bits per heavy atom. The normalized spacial score (nSPS) is 18.1. The molecule has 1 amide bonds. The molecule has 1 saturated heterocycles. The quantitative estimate of drug-likeness (QED) is 0.0482. The number of hydrogen-bond donors (Lipinski definition) is 1. The number of ether oxygens (including phenoxy) is 3. The van der Waals surface area contributed by atoms with E-state index in [1.165, 1.54) is 28.0 Å². The first-order valence-corrected chi connectivity index (χ1v) is 18.1. The number of thioether (sulfide) groups is 1. The van der Waals surface area contributed by atoms with Gasteiger partial charge in [-0.2, -0.15) is 0 Å². The Balaban J connectivity index is 1.28. The molecule has 1 aromatic heterocycles. The van der Waals surface area contributed by atoms with Crippen molar-refractivity contribution in [3.05, 3.63) is 107 Å². The fourth-order valence-electron chi connectivity index (χ4n) is 6.28. The highest BCUT2D eigenvalue weighted by Gasteiger charge is 2.48. The molecule has 1 fully saturated rings. The minimum Gasteiger partial charge on any atom is -0.507 e. The number of fused-ring (bicyclic) bond motifs is 2. The summed E-state index contributed by atoms with van der Waals surface area (Å²) < 4.78 is 18.4. The summed E-state index contributed by atoms with van der Waals surface area (Å²) in [6.07, 6.45) is 1.50. The molecule has 9 nitrogen and oxygen atoms in total. The summed E-state index contributed by atoms with van der Waals surface area (Å²) in [4.78, 5) is 29.1. The predicted molar refractivity (Wildman–Crippen MR) is 192 cm³/mol. The Kier molecular flexibility index (Phi) is 9.29. The van der Waals surface area contributed by atoms with Crippen molar-refractivity contribution in [1.29, 1.82) is 0 Å². The lowest BCUT2D eigenvalue weighted by atomic mass is 9.94. The molecule has 0 bridgehead atoms. The van der Waals surface area contributed by atoms with Crippen molar-refractivity contribution in [3.8, 4) is 17.2 Å². The van der Waals surface area contributed by atoms with Crippen molar-refractivity contribution in [2.24, 2.45) is 0 Å². The maximum absolute atomic E-state index is 13.9. The van der Waals surface area contributed by atoms with Gasteiger partial charge in [0.15, 0.2) is 15.8 Å². The van der Waals surface area contributed by atoms with Gasteiger partial charge in [0.05, 0.1) is 24.8 Å². The van der Waals surface area contributed by atoms with Crippen molar-refractivity contribution in [2.75, 3.05) is 18.1 Å². The lowest BCUT2D eigenvalue weighted by molar-refractivity contribution is -0.132. The third-order valence-electron chi connectivity index (χ3n) is 8.49. The summed E-state index contributed by atoms with van der Waals surface area (Å²) in [5.41, 5.74) is 3.03. The van der Waals surface area contributed by atoms with E-state index in [0.717, 1.165) is 34.1 Å². The van der Waals surface area contributed by atoms with E-state index in [9.17, 15) is 14.7 Å². The van der Waals surface area contributed by atoms with E-state index in [2.05, 4.69) is 34.5 Å². The van der Waals surface area contributed by atoms with Crippen molar-refractivity contribution in [1.82, 2.24) is 10.2 Å². The second-order valence-corrected chi connectivity index (χ2v) is 14.1. The van der Waals surface area contributed by atoms with E-state index in [1.807, 2.05) is 45.0 Å². The van der Waals surface area contributed by atoms with Crippen LogP contribution in [-0.2, 0) is 21.8 Å². The number of aliphatic hydroxyl groups is 1. The Hall–Kier alpha value is -4.87. The number of ketones is 1. The summed E-state index contributed by atoms with van der Waals surface area (Å²) >= 11 is 2.74. The van der Waals surface area contributed by atoms with Gasteiger partial charge in [0.25, 0.3) is 5.78 Å². The summed E-state index contributed by atoms with van der Waals surface area (Å²) in [6.45, 7) is 6.76. The van der Waals surface area contributed by atoms with Crippen LogP contribution in [0.4, 0.5) is 5.13 Å². The van der Waals surface area contributed by atoms with Gasteiger partial charge in [-0.25, -0.2) is 0 Å². The smallest absolute Gasteiger partial charge is 0.301 e. The molecule has 0 radical (unpaired) electrons. The van der Waals surface area contributed by atoms with Crippen LogP contribution in [0.25, 0.3) is 16.5 Å². The number of aliphatic hydroxyl groups excluding tert-OH is 1. The van der Waals surface area contributed by atoms with Gasteiger partial charge in [0.1, 0.15) is 17.6 Å². The second-order valence-electron chi connectivity index (χ2n) is 11.9. The van der Waals surface area contributed by atoms with E-state index >= 15 is 0 Å². The molecule has 2 atom stereocenters. The van der Waals surface area contributed by atoms with E-state index in [4.69, 9.17) is 14.2 Å². The van der Waals surface area contributed by atoms with Crippen molar-refractivity contribution >= 4 is 56.5 Å². The standard InChI is InChI=1S/C38H35N3O6S2/c1-4-17-46-30-16-13-24(20-31(30)45-5-2)33-32(34(42)25-14-15-29-27(19-25)18-22(3)47-29)35(43)36(44)41(33)37-39-40-38(49-37)48-21-26-11-8-10-23-9-6-7-12-28(23)26/h6-16,19-20,22,33,42H,4-5,17-18,21H2,1-3H3/t22-,33+/m0/s1. The zero-order valence-electron chi connectivity index (χ0n) is 27.3. The highest BCUT2D eigenvalue weighted by Crippen LogP contribution is 2.46. The number of carbonyl (C=O) groups excluding carboxylic acids is 2. The van der Waals surface area contributed by atoms with Gasteiger partial charge in [0, 0.05) is 17.7 Å². The van der Waals surface area contributed by atoms with Crippen LogP contribution in [0.2, 0.25) is 0 Å². The van der Waals surface area contributed by atoms with Gasteiger partial charge in [-0.1, -0.05) is 78.6 Å². The molecule has 0 spiro atoms. The van der Waals surface area contributed by atoms with Gasteiger partial charge in [-0.3, -0.25) is 14.5 Å². The molecule has 1 N–H and O–H groups in total. The number of aromatic nitrogens is 2. The molecule has 49 heavy (non-hydrogen) atoms. The minimum absolute atomic E-state index is 0.00786. The van der Waals surface area contributed by atoms with Gasteiger partial charge in [0.2, 0.25) is 5.13 Å². The third kappa shape index (κ3) is 6.36. The molecule has 4 aromatic carbocycles. The average molecular weight is 694 g/mol. The van der Waals surface area contributed by atoms with Crippen molar-refractivity contribution < 1.29 is 28.9 Å². The van der Waals surface area contributed by atoms with Crippen LogP contribution in [0.3, 0.4) is 0 Å². The van der Waals surface area contributed by atoms with Crippen molar-refractivity contribution in [3.63, 3.8) is 0 Å².